The van der Waals surface area contributed by atoms with Crippen LogP contribution in [0.1, 0.15) is 77.6 Å². The van der Waals surface area contributed by atoms with Crippen molar-refractivity contribution in [3.05, 3.63) is 0 Å². The minimum Gasteiger partial charge on any atom is -0.340 e. The molecule has 2 saturated carbocycles. The average molecular weight is 280 g/mol. The van der Waals surface area contributed by atoms with Gasteiger partial charge in [0.05, 0.1) is 0 Å². The van der Waals surface area contributed by atoms with Gasteiger partial charge in [-0.2, -0.15) is 0 Å². The highest BCUT2D eigenvalue weighted by atomic mass is 16.2. The van der Waals surface area contributed by atoms with E-state index in [0.29, 0.717) is 23.9 Å². The molecular weight excluding hydrogens is 248 g/mol. The molecule has 0 aromatic heterocycles. The molecule has 0 aliphatic heterocycles. The van der Waals surface area contributed by atoms with Gasteiger partial charge < -0.3 is 10.6 Å². The van der Waals surface area contributed by atoms with Gasteiger partial charge in [-0.3, -0.25) is 4.79 Å². The van der Waals surface area contributed by atoms with Crippen molar-refractivity contribution in [3.8, 4) is 0 Å². The first-order valence-corrected chi connectivity index (χ1v) is 8.78. The Balaban J connectivity index is 1.92. The van der Waals surface area contributed by atoms with E-state index in [4.69, 9.17) is 5.73 Å². The Kier molecular flexibility index (Phi) is 6.34. The predicted octanol–water partition coefficient (Wildman–Crippen LogP) is 3.47. The van der Waals surface area contributed by atoms with Crippen LogP contribution in [0.5, 0.6) is 0 Å². The number of carbonyl (C=O) groups is 1. The van der Waals surface area contributed by atoms with E-state index in [1.165, 1.54) is 32.1 Å². The average Bonchev–Trinajstić information content (AvgIpc) is 2.41. The SMILES string of the molecule is CCN(C(=O)C1CCCCCCC1)C1CCC(N)CC1. The fourth-order valence-corrected chi connectivity index (χ4v) is 3.94. The summed E-state index contributed by atoms with van der Waals surface area (Å²) in [5.41, 5.74) is 5.99. The van der Waals surface area contributed by atoms with Gasteiger partial charge in [0, 0.05) is 24.5 Å². The first-order valence-electron chi connectivity index (χ1n) is 8.78. The topological polar surface area (TPSA) is 46.3 Å². The lowest BCUT2D eigenvalue weighted by atomic mass is 9.87. The number of amides is 1. The summed E-state index contributed by atoms with van der Waals surface area (Å²) in [6, 6.07) is 0.819. The monoisotopic (exact) mass is 280 g/mol. The molecule has 0 bridgehead atoms. The van der Waals surface area contributed by atoms with Crippen molar-refractivity contribution >= 4 is 5.91 Å². The second kappa shape index (κ2) is 8.02. The summed E-state index contributed by atoms with van der Waals surface area (Å²) in [5, 5.41) is 0. The Labute approximate surface area is 124 Å². The lowest BCUT2D eigenvalue weighted by Gasteiger charge is -2.37. The summed E-state index contributed by atoms with van der Waals surface area (Å²) in [5.74, 6) is 0.737. The van der Waals surface area contributed by atoms with E-state index in [1.54, 1.807) is 0 Å². The van der Waals surface area contributed by atoms with Crippen LogP contribution in [0.15, 0.2) is 0 Å². The fourth-order valence-electron chi connectivity index (χ4n) is 3.94. The first kappa shape index (κ1) is 15.8. The van der Waals surface area contributed by atoms with Gasteiger partial charge >= 0.3 is 0 Å². The molecule has 2 aliphatic carbocycles. The molecule has 0 aromatic carbocycles. The molecule has 2 N–H and O–H groups in total. The van der Waals surface area contributed by atoms with Crippen LogP contribution in [-0.2, 0) is 4.79 Å². The Morgan fingerprint density at radius 3 is 2.05 bits per heavy atom. The summed E-state index contributed by atoms with van der Waals surface area (Å²) in [6.45, 7) is 3.00. The van der Waals surface area contributed by atoms with E-state index in [1.807, 2.05) is 0 Å². The number of rotatable bonds is 3. The fraction of sp³-hybridized carbons (Fsp3) is 0.941. The zero-order valence-corrected chi connectivity index (χ0v) is 13.2. The van der Waals surface area contributed by atoms with Crippen molar-refractivity contribution in [2.45, 2.75) is 89.6 Å². The van der Waals surface area contributed by atoms with E-state index >= 15 is 0 Å². The highest BCUT2D eigenvalue weighted by molar-refractivity contribution is 5.79. The smallest absolute Gasteiger partial charge is 0.225 e. The predicted molar refractivity (Wildman–Crippen MR) is 83.4 cm³/mol. The van der Waals surface area contributed by atoms with Gasteiger partial charge in [0.25, 0.3) is 0 Å². The molecule has 116 valence electrons. The molecule has 0 aromatic rings. The third-order valence-electron chi connectivity index (χ3n) is 5.26. The molecule has 2 aliphatic rings. The molecule has 0 unspecified atom stereocenters. The highest BCUT2D eigenvalue weighted by Crippen LogP contribution is 2.28. The van der Waals surface area contributed by atoms with Crippen LogP contribution in [0.3, 0.4) is 0 Å². The molecule has 1 amide bonds. The lowest BCUT2D eigenvalue weighted by Crippen LogP contribution is -2.46. The number of hydrogen-bond donors (Lipinski definition) is 1. The van der Waals surface area contributed by atoms with Gasteiger partial charge in [0.2, 0.25) is 5.91 Å². The quantitative estimate of drug-likeness (QED) is 0.860. The Hall–Kier alpha value is -0.570. The minimum atomic E-state index is 0.297. The first-order chi connectivity index (χ1) is 9.72. The number of carbonyl (C=O) groups excluding carboxylic acids is 1. The highest BCUT2D eigenvalue weighted by Gasteiger charge is 2.30. The molecule has 0 spiro atoms. The third kappa shape index (κ3) is 4.21. The van der Waals surface area contributed by atoms with Gasteiger partial charge in [0.1, 0.15) is 0 Å². The Morgan fingerprint density at radius 1 is 0.950 bits per heavy atom. The standard InChI is InChI=1S/C17H32N2O/c1-2-19(16-12-10-15(18)11-13-16)17(20)14-8-6-4-3-5-7-9-14/h14-16H,2-13,18H2,1H3. The van der Waals surface area contributed by atoms with E-state index in [-0.39, 0.29) is 0 Å². The summed E-state index contributed by atoms with van der Waals surface area (Å²) in [4.78, 5) is 15.0. The second-order valence-electron chi connectivity index (χ2n) is 6.73. The maximum atomic E-state index is 12.9. The summed E-state index contributed by atoms with van der Waals surface area (Å²) in [7, 11) is 0. The molecular formula is C17H32N2O. The van der Waals surface area contributed by atoms with Gasteiger partial charge in [-0.05, 0) is 45.4 Å². The molecule has 0 radical (unpaired) electrons. The van der Waals surface area contributed by atoms with Crippen LogP contribution in [0.25, 0.3) is 0 Å². The van der Waals surface area contributed by atoms with E-state index in [9.17, 15) is 4.79 Å². The largest absolute Gasteiger partial charge is 0.340 e. The zero-order valence-electron chi connectivity index (χ0n) is 13.2. The van der Waals surface area contributed by atoms with Gasteiger partial charge in [0.15, 0.2) is 0 Å². The van der Waals surface area contributed by atoms with Crippen molar-refractivity contribution in [1.29, 1.82) is 0 Å². The van der Waals surface area contributed by atoms with Crippen LogP contribution >= 0.6 is 0 Å². The molecule has 0 heterocycles. The molecule has 3 heteroatoms. The number of hydrogen-bond acceptors (Lipinski definition) is 2. The van der Waals surface area contributed by atoms with Crippen LogP contribution in [0.4, 0.5) is 0 Å². The van der Waals surface area contributed by atoms with E-state index < -0.39 is 0 Å². The second-order valence-corrected chi connectivity index (χ2v) is 6.73. The lowest BCUT2D eigenvalue weighted by molar-refractivity contribution is -0.139. The van der Waals surface area contributed by atoms with Crippen molar-refractivity contribution in [1.82, 2.24) is 4.90 Å². The van der Waals surface area contributed by atoms with E-state index in [0.717, 1.165) is 45.1 Å². The summed E-state index contributed by atoms with van der Waals surface area (Å²) < 4.78 is 0. The zero-order chi connectivity index (χ0) is 14.4. The van der Waals surface area contributed by atoms with Crippen molar-refractivity contribution < 1.29 is 4.79 Å². The normalized spacial score (nSPS) is 29.5. The Bertz CT molecular complexity index is 289. The molecule has 2 fully saturated rings. The van der Waals surface area contributed by atoms with Crippen LogP contribution < -0.4 is 5.73 Å². The third-order valence-corrected chi connectivity index (χ3v) is 5.26. The number of nitrogens with zero attached hydrogens (tertiary/aromatic N) is 1. The molecule has 0 atom stereocenters. The van der Waals surface area contributed by atoms with E-state index in [2.05, 4.69) is 11.8 Å². The van der Waals surface area contributed by atoms with Gasteiger partial charge in [-0.1, -0.05) is 32.1 Å². The molecule has 2 rings (SSSR count). The minimum absolute atomic E-state index is 0.297. The van der Waals surface area contributed by atoms with Crippen LogP contribution in [0.2, 0.25) is 0 Å². The van der Waals surface area contributed by atoms with Gasteiger partial charge in [-0.15, -0.1) is 0 Å². The van der Waals surface area contributed by atoms with Gasteiger partial charge in [-0.25, -0.2) is 0 Å². The van der Waals surface area contributed by atoms with Crippen molar-refractivity contribution in [2.24, 2.45) is 11.7 Å². The maximum absolute atomic E-state index is 12.9. The Morgan fingerprint density at radius 2 is 1.50 bits per heavy atom. The van der Waals surface area contributed by atoms with Crippen molar-refractivity contribution in [3.63, 3.8) is 0 Å². The molecule has 3 nitrogen and oxygen atoms in total. The van der Waals surface area contributed by atoms with Crippen LogP contribution in [-0.4, -0.2) is 29.4 Å². The summed E-state index contributed by atoms with van der Waals surface area (Å²) in [6.07, 6.45) is 13.1. The summed E-state index contributed by atoms with van der Waals surface area (Å²) >= 11 is 0. The van der Waals surface area contributed by atoms with Crippen molar-refractivity contribution in [2.75, 3.05) is 6.54 Å². The van der Waals surface area contributed by atoms with Crippen LogP contribution in [0, 0.1) is 5.92 Å². The molecule has 20 heavy (non-hydrogen) atoms. The number of nitrogens with two attached hydrogens (primary N) is 1. The molecule has 0 saturated heterocycles. The maximum Gasteiger partial charge on any atom is 0.225 e.